The third-order valence-corrected chi connectivity index (χ3v) is 4.64. The van der Waals surface area contributed by atoms with Crippen LogP contribution in [0.1, 0.15) is 32.6 Å². The highest BCUT2D eigenvalue weighted by Crippen LogP contribution is 2.42. The van der Waals surface area contributed by atoms with E-state index in [1.165, 1.54) is 6.92 Å². The van der Waals surface area contributed by atoms with Crippen molar-refractivity contribution in [2.45, 2.75) is 50.1 Å². The molecule has 0 amide bonds. The molecule has 1 fully saturated rings. The second-order valence-corrected chi connectivity index (χ2v) is 6.13. The number of hydrogen-bond acceptors (Lipinski definition) is 3. The van der Waals surface area contributed by atoms with Gasteiger partial charge < -0.3 is 11.5 Å². The average Bonchev–Trinajstić information content (AvgIpc) is 2.18. The Morgan fingerprint density at radius 1 is 1.24 bits per heavy atom. The van der Waals surface area contributed by atoms with Crippen molar-refractivity contribution in [2.75, 3.05) is 5.88 Å². The third kappa shape index (κ3) is 4.34. The SMILES string of the molecule is CC(N)C(C1CCC(SCN)CC1)C(F)(F)F. The van der Waals surface area contributed by atoms with E-state index in [4.69, 9.17) is 11.5 Å². The molecule has 1 rings (SSSR count). The number of nitrogens with two attached hydrogens (primary N) is 2. The maximum atomic E-state index is 12.9. The van der Waals surface area contributed by atoms with Crippen LogP contribution in [0.2, 0.25) is 0 Å². The highest BCUT2D eigenvalue weighted by molar-refractivity contribution is 7.99. The van der Waals surface area contributed by atoms with Crippen molar-refractivity contribution in [3.05, 3.63) is 0 Å². The van der Waals surface area contributed by atoms with Gasteiger partial charge in [-0.3, -0.25) is 0 Å². The van der Waals surface area contributed by atoms with Crippen molar-refractivity contribution in [1.82, 2.24) is 0 Å². The molecule has 0 radical (unpaired) electrons. The summed E-state index contributed by atoms with van der Waals surface area (Å²) < 4.78 is 38.7. The highest BCUT2D eigenvalue weighted by Gasteiger charge is 2.47. The van der Waals surface area contributed by atoms with Crippen molar-refractivity contribution in [3.63, 3.8) is 0 Å². The summed E-state index contributed by atoms with van der Waals surface area (Å²) in [5, 5.41) is 0.429. The summed E-state index contributed by atoms with van der Waals surface area (Å²) >= 11 is 1.65. The fourth-order valence-corrected chi connectivity index (χ4v) is 3.62. The van der Waals surface area contributed by atoms with E-state index in [0.29, 0.717) is 24.0 Å². The lowest BCUT2D eigenvalue weighted by atomic mass is 9.76. The second kappa shape index (κ2) is 6.29. The summed E-state index contributed by atoms with van der Waals surface area (Å²) in [5.74, 6) is -1.12. The van der Waals surface area contributed by atoms with Crippen molar-refractivity contribution >= 4 is 11.8 Å². The standard InChI is InChI=1S/C11H21F3N2S/c1-7(16)10(11(12,13)14)8-2-4-9(5-3-8)17-6-15/h7-10H,2-6,15-16H2,1H3. The first-order valence-electron chi connectivity index (χ1n) is 6.00. The van der Waals surface area contributed by atoms with E-state index in [0.717, 1.165) is 12.8 Å². The lowest BCUT2D eigenvalue weighted by molar-refractivity contribution is -0.196. The van der Waals surface area contributed by atoms with Gasteiger partial charge in [-0.1, -0.05) is 0 Å². The van der Waals surface area contributed by atoms with Crippen molar-refractivity contribution < 1.29 is 13.2 Å². The van der Waals surface area contributed by atoms with E-state index < -0.39 is 18.1 Å². The monoisotopic (exact) mass is 270 g/mol. The molecule has 6 heteroatoms. The molecule has 0 aromatic heterocycles. The van der Waals surface area contributed by atoms with Crippen LogP contribution in [0.4, 0.5) is 13.2 Å². The number of thioether (sulfide) groups is 1. The molecule has 0 aliphatic heterocycles. The lowest BCUT2D eigenvalue weighted by Crippen LogP contribution is -2.44. The first-order chi connectivity index (χ1) is 7.86. The van der Waals surface area contributed by atoms with Crippen LogP contribution in [0, 0.1) is 11.8 Å². The Morgan fingerprint density at radius 3 is 2.12 bits per heavy atom. The molecule has 102 valence electrons. The molecule has 0 heterocycles. The van der Waals surface area contributed by atoms with Gasteiger partial charge in [0.05, 0.1) is 5.92 Å². The molecular formula is C11H21F3N2S. The minimum atomic E-state index is -4.17. The van der Waals surface area contributed by atoms with Gasteiger partial charge in [0.25, 0.3) is 0 Å². The molecule has 2 unspecified atom stereocenters. The normalized spacial score (nSPS) is 30.0. The Labute approximate surface area is 105 Å². The first kappa shape index (κ1) is 15.1. The number of alkyl halides is 3. The molecule has 2 atom stereocenters. The van der Waals surface area contributed by atoms with Gasteiger partial charge in [0.2, 0.25) is 0 Å². The van der Waals surface area contributed by atoms with Crippen molar-refractivity contribution in [1.29, 1.82) is 0 Å². The highest BCUT2D eigenvalue weighted by atomic mass is 32.2. The average molecular weight is 270 g/mol. The second-order valence-electron chi connectivity index (χ2n) is 4.80. The number of halogens is 3. The predicted octanol–water partition coefficient (Wildman–Crippen LogP) is 2.72. The summed E-state index contributed by atoms with van der Waals surface area (Å²) in [6.07, 6.45) is -1.29. The topological polar surface area (TPSA) is 52.0 Å². The molecule has 17 heavy (non-hydrogen) atoms. The fourth-order valence-electron chi connectivity index (χ4n) is 2.75. The van der Waals surface area contributed by atoms with Gasteiger partial charge in [0.1, 0.15) is 0 Å². The molecule has 1 saturated carbocycles. The van der Waals surface area contributed by atoms with Gasteiger partial charge in [0, 0.05) is 17.2 Å². The summed E-state index contributed by atoms with van der Waals surface area (Å²) in [6.45, 7) is 1.46. The van der Waals surface area contributed by atoms with Gasteiger partial charge in [-0.2, -0.15) is 13.2 Å². The Balaban J connectivity index is 2.56. The van der Waals surface area contributed by atoms with Crippen LogP contribution in [0.25, 0.3) is 0 Å². The van der Waals surface area contributed by atoms with Crippen LogP contribution >= 0.6 is 11.8 Å². The van der Waals surface area contributed by atoms with E-state index in [2.05, 4.69) is 0 Å². The zero-order valence-electron chi connectivity index (χ0n) is 10.0. The molecule has 0 aromatic rings. The van der Waals surface area contributed by atoms with Crippen LogP contribution < -0.4 is 11.5 Å². The largest absolute Gasteiger partial charge is 0.393 e. The van der Waals surface area contributed by atoms with E-state index in [-0.39, 0.29) is 5.92 Å². The van der Waals surface area contributed by atoms with Crippen LogP contribution in [0.15, 0.2) is 0 Å². The fraction of sp³-hybridized carbons (Fsp3) is 1.00. The van der Waals surface area contributed by atoms with E-state index >= 15 is 0 Å². The van der Waals surface area contributed by atoms with Gasteiger partial charge in [-0.05, 0) is 38.5 Å². The Hall–Kier alpha value is 0.0600. The zero-order valence-corrected chi connectivity index (χ0v) is 10.9. The van der Waals surface area contributed by atoms with E-state index in [9.17, 15) is 13.2 Å². The molecule has 0 bridgehead atoms. The Bertz CT molecular complexity index is 225. The van der Waals surface area contributed by atoms with Crippen LogP contribution in [-0.2, 0) is 0 Å². The zero-order chi connectivity index (χ0) is 13.1. The minimum Gasteiger partial charge on any atom is -0.327 e. The van der Waals surface area contributed by atoms with Crippen LogP contribution in [0.5, 0.6) is 0 Å². The first-order valence-corrected chi connectivity index (χ1v) is 7.05. The van der Waals surface area contributed by atoms with Crippen LogP contribution in [0.3, 0.4) is 0 Å². The van der Waals surface area contributed by atoms with Gasteiger partial charge in [-0.15, -0.1) is 11.8 Å². The number of hydrogen-bond donors (Lipinski definition) is 2. The molecule has 0 spiro atoms. The van der Waals surface area contributed by atoms with Gasteiger partial charge >= 0.3 is 6.18 Å². The minimum absolute atomic E-state index is 0.315. The van der Waals surface area contributed by atoms with E-state index in [1.807, 2.05) is 0 Å². The predicted molar refractivity (Wildman–Crippen MR) is 65.6 cm³/mol. The Kier molecular flexibility index (Phi) is 5.60. The molecule has 0 saturated heterocycles. The maximum Gasteiger partial charge on any atom is 0.393 e. The molecule has 1 aliphatic carbocycles. The van der Waals surface area contributed by atoms with E-state index in [1.54, 1.807) is 11.8 Å². The van der Waals surface area contributed by atoms with Gasteiger partial charge in [0.15, 0.2) is 0 Å². The summed E-state index contributed by atoms with van der Waals surface area (Å²) in [7, 11) is 0. The molecule has 0 aromatic carbocycles. The summed E-state index contributed by atoms with van der Waals surface area (Å²) in [6, 6.07) is -0.821. The molecular weight excluding hydrogens is 249 g/mol. The molecule has 2 nitrogen and oxygen atoms in total. The smallest absolute Gasteiger partial charge is 0.327 e. The maximum absolute atomic E-state index is 12.9. The quantitative estimate of drug-likeness (QED) is 0.772. The number of rotatable bonds is 4. The summed E-state index contributed by atoms with van der Waals surface area (Å²) in [4.78, 5) is 0. The van der Waals surface area contributed by atoms with Crippen LogP contribution in [-0.4, -0.2) is 23.3 Å². The lowest BCUT2D eigenvalue weighted by Gasteiger charge is -2.36. The molecule has 4 N–H and O–H groups in total. The Morgan fingerprint density at radius 2 is 1.76 bits per heavy atom. The summed E-state index contributed by atoms with van der Waals surface area (Å²) in [5.41, 5.74) is 10.9. The third-order valence-electron chi connectivity index (χ3n) is 3.50. The van der Waals surface area contributed by atoms with Gasteiger partial charge in [-0.25, -0.2) is 0 Å². The van der Waals surface area contributed by atoms with Crippen molar-refractivity contribution in [2.24, 2.45) is 23.3 Å². The van der Waals surface area contributed by atoms with Crippen molar-refractivity contribution in [3.8, 4) is 0 Å². The molecule has 1 aliphatic rings.